The van der Waals surface area contributed by atoms with Crippen molar-refractivity contribution in [3.8, 4) is 34.1 Å². The predicted octanol–water partition coefficient (Wildman–Crippen LogP) is 7.73. The van der Waals surface area contributed by atoms with Crippen LogP contribution >= 0.6 is 0 Å². The van der Waals surface area contributed by atoms with E-state index in [0.29, 0.717) is 25.2 Å². The van der Waals surface area contributed by atoms with E-state index >= 15 is 0 Å². The molecule has 0 unspecified atom stereocenters. The highest BCUT2D eigenvalue weighted by Crippen LogP contribution is 2.34. The second-order valence-corrected chi connectivity index (χ2v) is 11.0. The number of carbonyl (C=O) groups excluding carboxylic acids is 1. The van der Waals surface area contributed by atoms with Crippen LogP contribution in [0.1, 0.15) is 46.9 Å². The fourth-order valence-electron chi connectivity index (χ4n) is 5.64. The molecule has 7 nitrogen and oxygen atoms in total. The highest BCUT2D eigenvalue weighted by atomic mass is 16.7. The van der Waals surface area contributed by atoms with Crippen LogP contribution in [0.3, 0.4) is 0 Å². The minimum atomic E-state index is -0.338. The van der Waals surface area contributed by atoms with E-state index in [2.05, 4.69) is 77.1 Å². The number of hydrogen-bond acceptors (Lipinski definition) is 6. The van der Waals surface area contributed by atoms with Gasteiger partial charge in [-0.1, -0.05) is 92.2 Å². The number of unbranched alkanes of at least 4 members (excludes halogenated alkanes) is 1. The molecule has 2 heterocycles. The summed E-state index contributed by atoms with van der Waals surface area (Å²) in [7, 11) is 1.40. The number of nitrogens with zero attached hydrogens (tertiary/aromatic N) is 3. The van der Waals surface area contributed by atoms with Crippen LogP contribution in [0.4, 0.5) is 0 Å². The third-order valence-electron chi connectivity index (χ3n) is 7.88. The van der Waals surface area contributed by atoms with Crippen LogP contribution < -0.4 is 9.47 Å². The fourth-order valence-corrected chi connectivity index (χ4v) is 5.64. The molecule has 1 aliphatic rings. The zero-order chi connectivity index (χ0) is 30.3. The second-order valence-electron chi connectivity index (χ2n) is 11.0. The van der Waals surface area contributed by atoms with Gasteiger partial charge >= 0.3 is 5.97 Å². The van der Waals surface area contributed by atoms with E-state index in [1.807, 2.05) is 42.5 Å². The Morgan fingerprint density at radius 1 is 0.818 bits per heavy atom. The molecule has 0 saturated heterocycles. The Morgan fingerprint density at radius 3 is 2.18 bits per heavy atom. The van der Waals surface area contributed by atoms with Crippen molar-refractivity contribution in [2.24, 2.45) is 0 Å². The van der Waals surface area contributed by atoms with E-state index in [1.54, 1.807) is 0 Å². The number of ether oxygens (including phenoxy) is 3. The van der Waals surface area contributed by atoms with Crippen molar-refractivity contribution < 1.29 is 19.0 Å². The molecule has 0 spiro atoms. The molecule has 1 aromatic heterocycles. The predicted molar refractivity (Wildman–Crippen MR) is 171 cm³/mol. The normalized spacial score (nSPS) is 12.1. The second kappa shape index (κ2) is 13.6. The van der Waals surface area contributed by atoms with Crippen LogP contribution in [-0.2, 0) is 30.9 Å². The van der Waals surface area contributed by atoms with E-state index < -0.39 is 0 Å². The summed E-state index contributed by atoms with van der Waals surface area (Å²) in [6.45, 7) is 5.37. The lowest BCUT2D eigenvalue weighted by Crippen LogP contribution is -2.24. The quantitative estimate of drug-likeness (QED) is 0.139. The van der Waals surface area contributed by atoms with E-state index in [4.69, 9.17) is 19.2 Å². The number of carbonyl (C=O) groups is 1. The van der Waals surface area contributed by atoms with Crippen LogP contribution in [0.5, 0.6) is 11.5 Å². The van der Waals surface area contributed by atoms with Crippen LogP contribution in [0, 0.1) is 0 Å². The molecule has 0 amide bonds. The molecule has 0 aliphatic carbocycles. The van der Waals surface area contributed by atoms with Crippen LogP contribution in [0.25, 0.3) is 22.6 Å². The van der Waals surface area contributed by atoms with Gasteiger partial charge in [-0.2, -0.15) is 0 Å². The van der Waals surface area contributed by atoms with Gasteiger partial charge in [-0.25, -0.2) is 9.78 Å². The summed E-state index contributed by atoms with van der Waals surface area (Å²) in [5.41, 5.74) is 7.14. The number of rotatable bonds is 12. The average Bonchev–Trinajstić information content (AvgIpc) is 3.69. The summed E-state index contributed by atoms with van der Waals surface area (Å²) in [5, 5.41) is 0. The third kappa shape index (κ3) is 6.53. The topological polar surface area (TPSA) is 65.8 Å². The molecule has 5 aromatic rings. The van der Waals surface area contributed by atoms with Crippen LogP contribution in [0.15, 0.2) is 103 Å². The molecule has 0 N–H and O–H groups in total. The zero-order valence-electron chi connectivity index (χ0n) is 25.2. The molecule has 0 bridgehead atoms. The molecule has 0 saturated carbocycles. The van der Waals surface area contributed by atoms with Gasteiger partial charge < -0.3 is 18.8 Å². The first-order valence-corrected chi connectivity index (χ1v) is 15.1. The molecule has 0 fully saturated rings. The number of fused-ring (bicyclic) bond motifs is 1. The largest absolute Gasteiger partial charge is 0.465 e. The number of esters is 1. The maximum absolute atomic E-state index is 12.1. The Labute approximate surface area is 258 Å². The van der Waals surface area contributed by atoms with E-state index in [-0.39, 0.29) is 12.8 Å². The number of benzene rings is 4. The molecule has 0 radical (unpaired) electrons. The Morgan fingerprint density at radius 2 is 1.48 bits per heavy atom. The van der Waals surface area contributed by atoms with Gasteiger partial charge in [0.05, 0.1) is 24.1 Å². The smallest absolute Gasteiger partial charge is 0.337 e. The Bertz CT molecular complexity index is 1700. The maximum atomic E-state index is 12.1. The van der Waals surface area contributed by atoms with Crippen molar-refractivity contribution in [2.45, 2.75) is 45.9 Å². The fraction of sp³-hybridized carbons (Fsp3) is 0.243. The minimum Gasteiger partial charge on any atom is -0.465 e. The van der Waals surface area contributed by atoms with Gasteiger partial charge in [0.2, 0.25) is 6.79 Å². The maximum Gasteiger partial charge on any atom is 0.337 e. The first kappa shape index (κ1) is 29.2. The molecule has 44 heavy (non-hydrogen) atoms. The van der Waals surface area contributed by atoms with Gasteiger partial charge in [0.1, 0.15) is 5.82 Å². The molecule has 224 valence electrons. The lowest BCUT2D eigenvalue weighted by atomic mass is 10.1. The standard InChI is InChI=1S/C37H37N3O4/c1-3-4-21-40-32(35(29-11-7-5-8-12-29)38-36(40)30-13-9-6-10-14-30)25-39(23-27-15-18-31(19-16-27)37(41)42-2)24-28-17-20-33-34(22-28)44-26-43-33/h5-20,22H,3-4,21,23-26H2,1-2H3. The molecule has 4 aromatic carbocycles. The van der Waals surface area contributed by atoms with Crippen LogP contribution in [-0.4, -0.2) is 34.3 Å². The van der Waals surface area contributed by atoms with E-state index in [1.165, 1.54) is 12.8 Å². The van der Waals surface area contributed by atoms with Gasteiger partial charge in [-0.3, -0.25) is 4.90 Å². The van der Waals surface area contributed by atoms with Gasteiger partial charge in [0.15, 0.2) is 11.5 Å². The van der Waals surface area contributed by atoms with Gasteiger partial charge in [0.25, 0.3) is 0 Å². The SMILES string of the molecule is CCCCn1c(-c2ccccc2)nc(-c2ccccc2)c1CN(Cc1ccc(C(=O)OC)cc1)Cc1ccc2c(c1)OCO2. The van der Waals surface area contributed by atoms with Crippen molar-refractivity contribution in [1.29, 1.82) is 0 Å². The van der Waals surface area contributed by atoms with Gasteiger partial charge in [-0.15, -0.1) is 0 Å². The molecular weight excluding hydrogens is 550 g/mol. The molecule has 6 rings (SSSR count). The first-order valence-electron chi connectivity index (χ1n) is 15.1. The van der Waals surface area contributed by atoms with Crippen molar-refractivity contribution in [1.82, 2.24) is 14.5 Å². The Hall–Kier alpha value is -4.88. The van der Waals surface area contributed by atoms with Crippen molar-refractivity contribution in [3.63, 3.8) is 0 Å². The monoisotopic (exact) mass is 587 g/mol. The van der Waals surface area contributed by atoms with E-state index in [9.17, 15) is 4.79 Å². The molecule has 7 heteroatoms. The highest BCUT2D eigenvalue weighted by molar-refractivity contribution is 5.89. The Kier molecular flexibility index (Phi) is 9.03. The summed E-state index contributed by atoms with van der Waals surface area (Å²) in [6.07, 6.45) is 2.13. The van der Waals surface area contributed by atoms with Gasteiger partial charge in [-0.05, 0) is 41.8 Å². The van der Waals surface area contributed by atoms with Crippen molar-refractivity contribution in [3.05, 3.63) is 126 Å². The molecular formula is C37H37N3O4. The summed E-state index contributed by atoms with van der Waals surface area (Å²) in [6, 6.07) is 34.7. The lowest BCUT2D eigenvalue weighted by molar-refractivity contribution is 0.0600. The van der Waals surface area contributed by atoms with Crippen molar-refractivity contribution >= 4 is 5.97 Å². The Balaban J connectivity index is 1.42. The minimum absolute atomic E-state index is 0.244. The average molecular weight is 588 g/mol. The highest BCUT2D eigenvalue weighted by Gasteiger charge is 2.23. The first-order chi connectivity index (χ1) is 21.6. The number of imidazole rings is 1. The number of aromatic nitrogens is 2. The summed E-state index contributed by atoms with van der Waals surface area (Å²) in [4.78, 5) is 19.8. The summed E-state index contributed by atoms with van der Waals surface area (Å²) in [5.74, 6) is 2.19. The summed E-state index contributed by atoms with van der Waals surface area (Å²) < 4.78 is 18.6. The number of methoxy groups -OCH3 is 1. The zero-order valence-corrected chi connectivity index (χ0v) is 25.2. The molecule has 1 aliphatic heterocycles. The third-order valence-corrected chi connectivity index (χ3v) is 7.88. The van der Waals surface area contributed by atoms with Gasteiger partial charge in [0, 0.05) is 37.3 Å². The number of hydrogen-bond donors (Lipinski definition) is 0. The lowest BCUT2D eigenvalue weighted by Gasteiger charge is -2.25. The van der Waals surface area contributed by atoms with E-state index in [0.717, 1.165) is 64.7 Å². The summed E-state index contributed by atoms with van der Waals surface area (Å²) >= 11 is 0. The molecule has 0 atom stereocenters. The van der Waals surface area contributed by atoms with Crippen LogP contribution in [0.2, 0.25) is 0 Å². The van der Waals surface area contributed by atoms with Crippen molar-refractivity contribution in [2.75, 3.05) is 13.9 Å².